The summed E-state index contributed by atoms with van der Waals surface area (Å²) in [6.45, 7) is 1.36. The van der Waals surface area contributed by atoms with Crippen LogP contribution in [0.5, 0.6) is 11.5 Å². The first-order valence-corrected chi connectivity index (χ1v) is 6.89. The third-order valence-electron chi connectivity index (χ3n) is 2.97. The number of hydrogen-bond acceptors (Lipinski definition) is 4. The van der Waals surface area contributed by atoms with E-state index in [1.165, 1.54) is 11.0 Å². The van der Waals surface area contributed by atoms with Crippen LogP contribution in [0.2, 0.25) is 5.02 Å². The Morgan fingerprint density at radius 2 is 2.24 bits per heavy atom. The number of amides is 1. The monoisotopic (exact) mass is 306 g/mol. The molecule has 0 bridgehead atoms. The molecule has 0 aromatic heterocycles. The van der Waals surface area contributed by atoms with Crippen LogP contribution in [0, 0.1) is 11.3 Å². The van der Waals surface area contributed by atoms with Crippen LogP contribution in [0.1, 0.15) is 12.0 Å². The first-order chi connectivity index (χ1) is 10.1. The SMILES string of the molecule is CN(CCC#N)C(=O)/C=C/c1cc(Cl)c2c(c1)OCCO2. The number of likely N-dealkylation sites (N-methyl/N-ethyl adjacent to an activating group) is 1. The van der Waals surface area contributed by atoms with Crippen LogP contribution < -0.4 is 9.47 Å². The lowest BCUT2D eigenvalue weighted by atomic mass is 10.1. The molecule has 0 N–H and O–H groups in total. The molecule has 0 atom stereocenters. The second-order valence-corrected chi connectivity index (χ2v) is 4.94. The second kappa shape index (κ2) is 7.00. The molecule has 0 unspecified atom stereocenters. The van der Waals surface area contributed by atoms with Gasteiger partial charge in [-0.25, -0.2) is 0 Å². The minimum absolute atomic E-state index is 0.170. The van der Waals surface area contributed by atoms with Gasteiger partial charge in [0, 0.05) is 19.7 Å². The molecule has 1 aromatic carbocycles. The number of hydrogen-bond donors (Lipinski definition) is 0. The smallest absolute Gasteiger partial charge is 0.246 e. The fraction of sp³-hybridized carbons (Fsp3) is 0.333. The highest BCUT2D eigenvalue weighted by molar-refractivity contribution is 6.32. The van der Waals surface area contributed by atoms with Crippen LogP contribution in [0.15, 0.2) is 18.2 Å². The number of carbonyl (C=O) groups excluding carboxylic acids is 1. The van der Waals surface area contributed by atoms with Crippen LogP contribution >= 0.6 is 11.6 Å². The van der Waals surface area contributed by atoms with Gasteiger partial charge in [0.2, 0.25) is 5.91 Å². The molecule has 21 heavy (non-hydrogen) atoms. The van der Waals surface area contributed by atoms with Crippen molar-refractivity contribution in [1.82, 2.24) is 4.90 Å². The van der Waals surface area contributed by atoms with Crippen molar-refractivity contribution in [3.05, 3.63) is 28.8 Å². The molecule has 0 saturated carbocycles. The minimum Gasteiger partial charge on any atom is -0.486 e. The molecule has 110 valence electrons. The summed E-state index contributed by atoms with van der Waals surface area (Å²) in [6, 6.07) is 5.50. The van der Waals surface area contributed by atoms with Crippen molar-refractivity contribution in [3.63, 3.8) is 0 Å². The van der Waals surface area contributed by atoms with Crippen LogP contribution in [-0.2, 0) is 4.79 Å². The highest BCUT2D eigenvalue weighted by atomic mass is 35.5. The maximum absolute atomic E-state index is 11.8. The molecular formula is C15H15ClN2O3. The fourth-order valence-electron chi connectivity index (χ4n) is 1.85. The molecule has 0 radical (unpaired) electrons. The predicted octanol–water partition coefficient (Wildman–Crippen LogP) is 2.50. The van der Waals surface area contributed by atoms with Gasteiger partial charge in [-0.3, -0.25) is 4.79 Å². The van der Waals surface area contributed by atoms with Gasteiger partial charge < -0.3 is 14.4 Å². The van der Waals surface area contributed by atoms with Gasteiger partial charge in [0.25, 0.3) is 0 Å². The molecule has 1 aliphatic rings. The summed E-state index contributed by atoms with van der Waals surface area (Å²) in [5.41, 5.74) is 0.756. The Balaban J connectivity index is 2.09. The standard InChI is InChI=1S/C15H15ClN2O3/c1-18(6-2-5-17)14(19)4-3-11-9-12(16)15-13(10-11)20-7-8-21-15/h3-4,9-10H,2,6-8H2,1H3/b4-3+. The number of benzene rings is 1. The van der Waals surface area contributed by atoms with E-state index >= 15 is 0 Å². The quantitative estimate of drug-likeness (QED) is 0.802. The van der Waals surface area contributed by atoms with Crippen molar-refractivity contribution < 1.29 is 14.3 Å². The Morgan fingerprint density at radius 1 is 1.48 bits per heavy atom. The van der Waals surface area contributed by atoms with Gasteiger partial charge >= 0.3 is 0 Å². The van der Waals surface area contributed by atoms with E-state index in [1.807, 2.05) is 6.07 Å². The van der Waals surface area contributed by atoms with E-state index in [4.69, 9.17) is 26.3 Å². The Morgan fingerprint density at radius 3 is 3.00 bits per heavy atom. The summed E-state index contributed by atoms with van der Waals surface area (Å²) in [6.07, 6.45) is 3.42. The molecular weight excluding hydrogens is 292 g/mol. The van der Waals surface area contributed by atoms with Gasteiger partial charge in [-0.05, 0) is 23.8 Å². The number of nitrogens with zero attached hydrogens (tertiary/aromatic N) is 2. The van der Waals surface area contributed by atoms with Crippen LogP contribution in [-0.4, -0.2) is 37.6 Å². The molecule has 6 heteroatoms. The van der Waals surface area contributed by atoms with E-state index < -0.39 is 0 Å². The van der Waals surface area contributed by atoms with Gasteiger partial charge in [-0.15, -0.1) is 0 Å². The minimum atomic E-state index is -0.170. The van der Waals surface area contributed by atoms with E-state index in [-0.39, 0.29) is 5.91 Å². The molecule has 0 fully saturated rings. The lowest BCUT2D eigenvalue weighted by Gasteiger charge is -2.19. The highest BCUT2D eigenvalue weighted by Crippen LogP contribution is 2.38. The van der Waals surface area contributed by atoms with Crippen molar-refractivity contribution in [1.29, 1.82) is 5.26 Å². The topological polar surface area (TPSA) is 62.6 Å². The molecule has 0 spiro atoms. The lowest BCUT2D eigenvalue weighted by Crippen LogP contribution is -2.25. The Labute approximate surface area is 128 Å². The van der Waals surface area contributed by atoms with E-state index in [9.17, 15) is 4.79 Å². The predicted molar refractivity (Wildman–Crippen MR) is 79.3 cm³/mol. The number of carbonyl (C=O) groups is 1. The number of rotatable bonds is 4. The molecule has 5 nitrogen and oxygen atoms in total. The highest BCUT2D eigenvalue weighted by Gasteiger charge is 2.16. The van der Waals surface area contributed by atoms with Crippen molar-refractivity contribution in [2.75, 3.05) is 26.8 Å². The molecule has 0 aliphatic carbocycles. The Hall–Kier alpha value is -2.19. The number of fused-ring (bicyclic) bond motifs is 1. The van der Waals surface area contributed by atoms with Crippen molar-refractivity contribution >= 4 is 23.6 Å². The maximum Gasteiger partial charge on any atom is 0.246 e. The van der Waals surface area contributed by atoms with E-state index in [1.54, 1.807) is 25.3 Å². The molecule has 1 aromatic rings. The zero-order valence-corrected chi connectivity index (χ0v) is 12.4. The third-order valence-corrected chi connectivity index (χ3v) is 3.25. The Bertz CT molecular complexity index is 608. The summed E-state index contributed by atoms with van der Waals surface area (Å²) < 4.78 is 10.9. The summed E-state index contributed by atoms with van der Waals surface area (Å²) >= 11 is 6.12. The van der Waals surface area contributed by atoms with Crippen LogP contribution in [0.4, 0.5) is 0 Å². The van der Waals surface area contributed by atoms with Gasteiger partial charge in [0.1, 0.15) is 13.2 Å². The molecule has 2 rings (SSSR count). The number of ether oxygens (including phenoxy) is 2. The largest absolute Gasteiger partial charge is 0.486 e. The first-order valence-electron chi connectivity index (χ1n) is 6.51. The summed E-state index contributed by atoms with van der Waals surface area (Å²) in [4.78, 5) is 13.3. The van der Waals surface area contributed by atoms with E-state index in [2.05, 4.69) is 0 Å². The summed E-state index contributed by atoms with van der Waals surface area (Å²) in [5.74, 6) is 0.951. The molecule has 1 heterocycles. The Kier molecular flexibility index (Phi) is 5.07. The van der Waals surface area contributed by atoms with Crippen molar-refractivity contribution in [2.24, 2.45) is 0 Å². The van der Waals surface area contributed by atoms with Crippen molar-refractivity contribution in [3.8, 4) is 17.6 Å². The summed E-state index contributed by atoms with van der Waals surface area (Å²) in [7, 11) is 1.65. The second-order valence-electron chi connectivity index (χ2n) is 4.53. The van der Waals surface area contributed by atoms with E-state index in [0.29, 0.717) is 42.7 Å². The van der Waals surface area contributed by atoms with E-state index in [0.717, 1.165) is 5.56 Å². The summed E-state index contributed by atoms with van der Waals surface area (Å²) in [5, 5.41) is 8.96. The molecule has 1 amide bonds. The van der Waals surface area contributed by atoms with Gasteiger partial charge in [-0.1, -0.05) is 11.6 Å². The zero-order valence-electron chi connectivity index (χ0n) is 11.6. The van der Waals surface area contributed by atoms with Gasteiger partial charge in [0.15, 0.2) is 11.5 Å². The lowest BCUT2D eigenvalue weighted by molar-refractivity contribution is -0.124. The fourth-order valence-corrected chi connectivity index (χ4v) is 2.12. The molecule has 0 saturated heterocycles. The third kappa shape index (κ3) is 3.89. The number of halogens is 1. The number of nitriles is 1. The average Bonchev–Trinajstić information content (AvgIpc) is 2.50. The van der Waals surface area contributed by atoms with Crippen LogP contribution in [0.3, 0.4) is 0 Å². The van der Waals surface area contributed by atoms with Gasteiger partial charge in [0.05, 0.1) is 17.5 Å². The average molecular weight is 307 g/mol. The molecule has 1 aliphatic heterocycles. The maximum atomic E-state index is 11.8. The first kappa shape index (κ1) is 15.2. The van der Waals surface area contributed by atoms with Gasteiger partial charge in [-0.2, -0.15) is 5.26 Å². The van der Waals surface area contributed by atoms with Crippen molar-refractivity contribution in [2.45, 2.75) is 6.42 Å². The normalized spacial score (nSPS) is 13.0. The van der Waals surface area contributed by atoms with Crippen LogP contribution in [0.25, 0.3) is 6.08 Å². The zero-order chi connectivity index (χ0) is 15.2.